The first kappa shape index (κ1) is 16.0. The molecule has 0 aliphatic rings. The summed E-state index contributed by atoms with van der Waals surface area (Å²) in [5, 5.41) is 23.4. The number of anilines is 3. The molecular weight excluding hydrogens is 330 g/mol. The molecule has 0 bridgehead atoms. The fourth-order valence-electron chi connectivity index (χ4n) is 2.47. The lowest BCUT2D eigenvalue weighted by atomic mass is 10.1. The Labute approximate surface area is 139 Å². The number of carboxylic acids is 1. The number of fused-ring (bicyclic) bond motifs is 1. The van der Waals surface area contributed by atoms with Crippen LogP contribution in [-0.2, 0) is 0 Å². The molecule has 0 aliphatic heterocycles. The Hall–Kier alpha value is -3.88. The number of para-hydroxylation sites is 1. The third-order valence-corrected chi connectivity index (χ3v) is 3.54. The van der Waals surface area contributed by atoms with Gasteiger partial charge in [-0.1, -0.05) is 18.2 Å². The molecule has 3 rings (SSSR count). The molecule has 4 N–H and O–H groups in total. The topological polar surface area (TPSA) is 149 Å². The fraction of sp³-hybridized carbons (Fsp3) is 0. The van der Waals surface area contributed by atoms with E-state index in [-0.39, 0.29) is 33.6 Å². The molecule has 0 fully saturated rings. The van der Waals surface area contributed by atoms with Crippen LogP contribution in [0.15, 0.2) is 51.7 Å². The minimum Gasteiger partial charge on any atom is -0.478 e. The van der Waals surface area contributed by atoms with Crippen molar-refractivity contribution in [1.82, 2.24) is 0 Å². The van der Waals surface area contributed by atoms with Gasteiger partial charge in [-0.05, 0) is 24.3 Å². The van der Waals surface area contributed by atoms with E-state index in [0.29, 0.717) is 0 Å². The Morgan fingerprint density at radius 2 is 1.92 bits per heavy atom. The molecule has 0 saturated heterocycles. The van der Waals surface area contributed by atoms with Crippen LogP contribution in [0.3, 0.4) is 0 Å². The molecular formula is C16H11N3O6. The summed E-state index contributed by atoms with van der Waals surface area (Å²) in [5.41, 5.74) is 3.79. The van der Waals surface area contributed by atoms with Crippen LogP contribution in [-0.4, -0.2) is 16.0 Å². The molecule has 2 aromatic carbocycles. The number of carboxylic acid groups (broad SMARTS) is 1. The van der Waals surface area contributed by atoms with E-state index in [1.54, 1.807) is 6.07 Å². The Morgan fingerprint density at radius 1 is 1.20 bits per heavy atom. The smallest absolute Gasteiger partial charge is 0.417 e. The molecule has 1 aromatic heterocycles. The van der Waals surface area contributed by atoms with Gasteiger partial charge in [-0.3, -0.25) is 10.1 Å². The van der Waals surface area contributed by atoms with Crippen LogP contribution in [0.5, 0.6) is 0 Å². The third kappa shape index (κ3) is 2.74. The number of rotatable bonds is 4. The van der Waals surface area contributed by atoms with Gasteiger partial charge in [-0.25, -0.2) is 9.59 Å². The van der Waals surface area contributed by atoms with Crippen LogP contribution < -0.4 is 16.7 Å². The first-order valence-corrected chi connectivity index (χ1v) is 6.99. The Bertz CT molecular complexity index is 1070. The highest BCUT2D eigenvalue weighted by Crippen LogP contribution is 2.36. The van der Waals surface area contributed by atoms with Gasteiger partial charge in [0.05, 0.1) is 21.6 Å². The van der Waals surface area contributed by atoms with Gasteiger partial charge in [-0.2, -0.15) is 0 Å². The van der Waals surface area contributed by atoms with Crippen LogP contribution in [0.4, 0.5) is 22.7 Å². The molecule has 0 radical (unpaired) electrons. The summed E-state index contributed by atoms with van der Waals surface area (Å²) in [6, 6.07) is 10.3. The van der Waals surface area contributed by atoms with Crippen molar-refractivity contribution in [2.75, 3.05) is 11.1 Å². The van der Waals surface area contributed by atoms with Gasteiger partial charge >= 0.3 is 17.3 Å². The summed E-state index contributed by atoms with van der Waals surface area (Å²) in [7, 11) is 0. The molecule has 0 amide bonds. The quantitative estimate of drug-likeness (QED) is 0.284. The second-order valence-electron chi connectivity index (χ2n) is 5.07. The maximum atomic E-state index is 12.0. The molecule has 9 heteroatoms. The van der Waals surface area contributed by atoms with E-state index in [0.717, 1.165) is 0 Å². The highest BCUT2D eigenvalue weighted by Gasteiger charge is 2.27. The first-order valence-electron chi connectivity index (χ1n) is 6.99. The Morgan fingerprint density at radius 3 is 2.60 bits per heavy atom. The number of nitrogens with zero attached hydrogens (tertiary/aromatic N) is 1. The standard InChI is InChI=1S/C16H11N3O6/c17-9-5-3-7-11-12(9)13(14(19(23)24)16(22)25-11)18-10-6-2-1-4-8(10)15(20)21/h1-7,18H,17H2,(H,20,21). The lowest BCUT2D eigenvalue weighted by molar-refractivity contribution is -0.386. The van der Waals surface area contributed by atoms with Gasteiger partial charge in [0.2, 0.25) is 0 Å². The van der Waals surface area contributed by atoms with Crippen molar-refractivity contribution in [3.05, 3.63) is 68.6 Å². The zero-order chi connectivity index (χ0) is 18.1. The van der Waals surface area contributed by atoms with E-state index >= 15 is 0 Å². The summed E-state index contributed by atoms with van der Waals surface area (Å²) in [4.78, 5) is 33.8. The molecule has 0 aliphatic carbocycles. The van der Waals surface area contributed by atoms with Crippen molar-refractivity contribution < 1.29 is 19.2 Å². The summed E-state index contributed by atoms with van der Waals surface area (Å²) < 4.78 is 4.96. The SMILES string of the molecule is Nc1cccc2oc(=O)c([N+](=O)[O-])c(Nc3ccccc3C(=O)O)c12. The van der Waals surface area contributed by atoms with E-state index in [2.05, 4.69) is 5.32 Å². The number of hydrogen-bond acceptors (Lipinski definition) is 7. The summed E-state index contributed by atoms with van der Waals surface area (Å²) in [6.45, 7) is 0. The Kier molecular flexibility index (Phi) is 3.82. The van der Waals surface area contributed by atoms with E-state index in [1.165, 1.54) is 36.4 Å². The largest absolute Gasteiger partial charge is 0.478 e. The van der Waals surface area contributed by atoms with Crippen molar-refractivity contribution in [1.29, 1.82) is 0 Å². The fourth-order valence-corrected chi connectivity index (χ4v) is 2.47. The van der Waals surface area contributed by atoms with Crippen molar-refractivity contribution in [3.8, 4) is 0 Å². The predicted octanol–water partition coefficient (Wildman–Crippen LogP) is 2.73. The highest BCUT2D eigenvalue weighted by molar-refractivity contribution is 6.05. The van der Waals surface area contributed by atoms with E-state index < -0.39 is 22.2 Å². The number of benzene rings is 2. The van der Waals surface area contributed by atoms with E-state index in [4.69, 9.17) is 10.2 Å². The summed E-state index contributed by atoms with van der Waals surface area (Å²) >= 11 is 0. The summed E-state index contributed by atoms with van der Waals surface area (Å²) in [6.07, 6.45) is 0. The second kappa shape index (κ2) is 5.96. The zero-order valence-electron chi connectivity index (χ0n) is 12.6. The molecule has 0 atom stereocenters. The lowest BCUT2D eigenvalue weighted by Gasteiger charge is -2.12. The number of nitro groups is 1. The third-order valence-electron chi connectivity index (χ3n) is 3.54. The van der Waals surface area contributed by atoms with Gasteiger partial charge in [0.15, 0.2) is 0 Å². The van der Waals surface area contributed by atoms with Crippen molar-refractivity contribution in [2.45, 2.75) is 0 Å². The molecule has 0 saturated carbocycles. The maximum absolute atomic E-state index is 12.0. The molecule has 25 heavy (non-hydrogen) atoms. The molecule has 0 spiro atoms. The number of carbonyl (C=O) groups is 1. The van der Waals surface area contributed by atoms with Crippen molar-refractivity contribution >= 4 is 39.7 Å². The van der Waals surface area contributed by atoms with Gasteiger partial charge in [0, 0.05) is 5.69 Å². The van der Waals surface area contributed by atoms with Gasteiger partial charge < -0.3 is 20.6 Å². The monoisotopic (exact) mass is 341 g/mol. The number of aromatic carboxylic acids is 1. The lowest BCUT2D eigenvalue weighted by Crippen LogP contribution is -2.12. The minimum atomic E-state index is -1.23. The molecule has 0 unspecified atom stereocenters. The number of nitrogens with two attached hydrogens (primary N) is 1. The minimum absolute atomic E-state index is 0.0471. The van der Waals surface area contributed by atoms with Crippen LogP contribution in [0.2, 0.25) is 0 Å². The van der Waals surface area contributed by atoms with Gasteiger partial charge in [0.1, 0.15) is 11.3 Å². The van der Waals surface area contributed by atoms with Gasteiger partial charge in [0.25, 0.3) is 0 Å². The van der Waals surface area contributed by atoms with Crippen LogP contribution in [0.25, 0.3) is 11.0 Å². The Balaban J connectivity index is 2.35. The van der Waals surface area contributed by atoms with Crippen molar-refractivity contribution in [2.24, 2.45) is 0 Å². The van der Waals surface area contributed by atoms with E-state index in [1.807, 2.05) is 0 Å². The van der Waals surface area contributed by atoms with Crippen LogP contribution in [0, 0.1) is 10.1 Å². The van der Waals surface area contributed by atoms with Crippen LogP contribution >= 0.6 is 0 Å². The normalized spacial score (nSPS) is 10.6. The van der Waals surface area contributed by atoms with Crippen LogP contribution in [0.1, 0.15) is 10.4 Å². The average Bonchev–Trinajstić information content (AvgIpc) is 2.54. The maximum Gasteiger partial charge on any atom is 0.417 e. The first-order chi connectivity index (χ1) is 11.9. The number of hydrogen-bond donors (Lipinski definition) is 3. The molecule has 3 aromatic rings. The van der Waals surface area contributed by atoms with E-state index in [9.17, 15) is 24.8 Å². The summed E-state index contributed by atoms with van der Waals surface area (Å²) in [5.74, 6) is -1.23. The predicted molar refractivity (Wildman–Crippen MR) is 90.2 cm³/mol. The second-order valence-corrected chi connectivity index (χ2v) is 5.07. The molecule has 1 heterocycles. The van der Waals surface area contributed by atoms with Gasteiger partial charge in [-0.15, -0.1) is 0 Å². The molecule has 9 nitrogen and oxygen atoms in total. The zero-order valence-corrected chi connectivity index (χ0v) is 12.6. The van der Waals surface area contributed by atoms with Crippen molar-refractivity contribution in [3.63, 3.8) is 0 Å². The molecule has 126 valence electrons. The highest BCUT2D eigenvalue weighted by atomic mass is 16.6. The average molecular weight is 341 g/mol. The number of nitrogens with one attached hydrogen (secondary N) is 1. The number of nitrogen functional groups attached to an aromatic ring is 1.